The lowest BCUT2D eigenvalue weighted by Gasteiger charge is -2.28. The molecule has 1 fully saturated rings. The zero-order chi connectivity index (χ0) is 19.7. The van der Waals surface area contributed by atoms with Gasteiger partial charge in [0.1, 0.15) is 5.75 Å². The Morgan fingerprint density at radius 2 is 2.07 bits per heavy atom. The van der Waals surface area contributed by atoms with Gasteiger partial charge in [0.2, 0.25) is 0 Å². The number of carboxylic acid groups (broad SMARTS) is 1. The molecule has 0 bridgehead atoms. The van der Waals surface area contributed by atoms with Crippen molar-refractivity contribution >= 4 is 33.5 Å². The predicted molar refractivity (Wildman–Crippen MR) is 107 cm³/mol. The molecule has 1 aliphatic rings. The van der Waals surface area contributed by atoms with E-state index >= 15 is 0 Å². The molecule has 2 N–H and O–H groups in total. The Bertz CT molecular complexity index is 1020. The third kappa shape index (κ3) is 3.71. The lowest BCUT2D eigenvalue weighted by Crippen LogP contribution is -2.36. The second kappa shape index (κ2) is 7.61. The lowest BCUT2D eigenvalue weighted by atomic mass is 10.2. The molecule has 8 nitrogen and oxygen atoms in total. The van der Waals surface area contributed by atoms with Crippen LogP contribution in [0.5, 0.6) is 5.75 Å². The molecular weight excluding hydrogens is 380 g/mol. The SMILES string of the molecule is CN(Cc1cc2nc(-c3cccc(O)c3)nc(N3CCOCC3)c2s1)C(=O)O. The predicted octanol–water partition coefficient (Wildman–Crippen LogP) is 3.01. The highest BCUT2D eigenvalue weighted by Crippen LogP contribution is 2.35. The van der Waals surface area contributed by atoms with Crippen molar-refractivity contribution in [2.45, 2.75) is 6.54 Å². The van der Waals surface area contributed by atoms with Gasteiger partial charge in [-0.1, -0.05) is 12.1 Å². The Labute approximate surface area is 165 Å². The number of carbonyl (C=O) groups is 1. The van der Waals surface area contributed by atoms with E-state index in [1.165, 1.54) is 16.2 Å². The molecule has 0 aliphatic carbocycles. The van der Waals surface area contributed by atoms with E-state index in [0.29, 0.717) is 25.6 Å². The highest BCUT2D eigenvalue weighted by atomic mass is 32.1. The minimum Gasteiger partial charge on any atom is -0.508 e. The van der Waals surface area contributed by atoms with Gasteiger partial charge in [-0.15, -0.1) is 11.3 Å². The Kier molecular flexibility index (Phi) is 5.01. The van der Waals surface area contributed by atoms with Crippen LogP contribution in [0.1, 0.15) is 4.88 Å². The van der Waals surface area contributed by atoms with Gasteiger partial charge in [0.25, 0.3) is 0 Å². The van der Waals surface area contributed by atoms with E-state index in [0.717, 1.165) is 39.6 Å². The van der Waals surface area contributed by atoms with Crippen LogP contribution in [-0.2, 0) is 11.3 Å². The van der Waals surface area contributed by atoms with Crippen LogP contribution in [0, 0.1) is 0 Å². The molecule has 146 valence electrons. The van der Waals surface area contributed by atoms with Crippen LogP contribution in [0.3, 0.4) is 0 Å². The zero-order valence-electron chi connectivity index (χ0n) is 15.3. The summed E-state index contributed by atoms with van der Waals surface area (Å²) < 4.78 is 6.39. The molecular formula is C19H20N4O4S. The number of hydrogen-bond donors (Lipinski definition) is 2. The fraction of sp³-hybridized carbons (Fsp3) is 0.316. The minimum atomic E-state index is -0.975. The van der Waals surface area contributed by atoms with Crippen molar-refractivity contribution < 1.29 is 19.7 Å². The number of morpholine rings is 1. The Balaban J connectivity index is 1.81. The van der Waals surface area contributed by atoms with Gasteiger partial charge in [0, 0.05) is 30.6 Å². The molecule has 28 heavy (non-hydrogen) atoms. The molecule has 0 unspecified atom stereocenters. The summed E-state index contributed by atoms with van der Waals surface area (Å²) in [6.45, 7) is 3.02. The van der Waals surface area contributed by atoms with Crippen molar-refractivity contribution in [1.29, 1.82) is 0 Å². The zero-order valence-corrected chi connectivity index (χ0v) is 16.1. The number of phenolic OH excluding ortho intramolecular Hbond substituents is 1. The summed E-state index contributed by atoms with van der Waals surface area (Å²) in [7, 11) is 1.54. The van der Waals surface area contributed by atoms with Gasteiger partial charge in [0.05, 0.1) is 30.0 Å². The smallest absolute Gasteiger partial charge is 0.407 e. The number of phenols is 1. The van der Waals surface area contributed by atoms with Gasteiger partial charge in [-0.05, 0) is 18.2 Å². The summed E-state index contributed by atoms with van der Waals surface area (Å²) in [4.78, 5) is 24.9. The summed E-state index contributed by atoms with van der Waals surface area (Å²) >= 11 is 1.51. The topological polar surface area (TPSA) is 99.0 Å². The Morgan fingerprint density at radius 1 is 1.29 bits per heavy atom. The summed E-state index contributed by atoms with van der Waals surface area (Å²) in [5, 5.41) is 19.0. The third-order valence-electron chi connectivity index (χ3n) is 4.54. The van der Waals surface area contributed by atoms with Crippen LogP contribution in [0.4, 0.5) is 10.6 Å². The molecule has 3 heterocycles. The van der Waals surface area contributed by atoms with Crippen LogP contribution in [0.2, 0.25) is 0 Å². The molecule has 0 radical (unpaired) electrons. The van der Waals surface area contributed by atoms with E-state index in [4.69, 9.17) is 14.8 Å². The van der Waals surface area contributed by atoms with Crippen LogP contribution in [-0.4, -0.2) is 64.5 Å². The molecule has 9 heteroatoms. The van der Waals surface area contributed by atoms with E-state index in [1.54, 1.807) is 25.2 Å². The van der Waals surface area contributed by atoms with E-state index < -0.39 is 6.09 Å². The summed E-state index contributed by atoms with van der Waals surface area (Å²) in [5.41, 5.74) is 1.50. The van der Waals surface area contributed by atoms with Crippen molar-refractivity contribution in [3.05, 3.63) is 35.2 Å². The number of thiophene rings is 1. The number of anilines is 1. The monoisotopic (exact) mass is 400 g/mol. The maximum Gasteiger partial charge on any atom is 0.407 e. The normalized spacial score (nSPS) is 14.4. The van der Waals surface area contributed by atoms with Crippen LogP contribution in [0.15, 0.2) is 30.3 Å². The molecule has 0 saturated carbocycles. The van der Waals surface area contributed by atoms with E-state index in [-0.39, 0.29) is 5.75 Å². The second-order valence-corrected chi connectivity index (χ2v) is 7.72. The average molecular weight is 400 g/mol. The van der Waals surface area contributed by atoms with Gasteiger partial charge in [0.15, 0.2) is 11.6 Å². The van der Waals surface area contributed by atoms with Gasteiger partial charge in [-0.25, -0.2) is 14.8 Å². The van der Waals surface area contributed by atoms with Crippen LogP contribution < -0.4 is 4.90 Å². The fourth-order valence-corrected chi connectivity index (χ4v) is 4.27. The molecule has 4 rings (SSSR count). The highest BCUT2D eigenvalue weighted by Gasteiger charge is 2.21. The second-order valence-electron chi connectivity index (χ2n) is 6.59. The molecule has 0 atom stereocenters. The molecule has 1 aromatic carbocycles. The first kappa shape index (κ1) is 18.5. The van der Waals surface area contributed by atoms with Crippen molar-refractivity contribution in [3.63, 3.8) is 0 Å². The van der Waals surface area contributed by atoms with Crippen molar-refractivity contribution in [2.24, 2.45) is 0 Å². The maximum absolute atomic E-state index is 11.2. The quantitative estimate of drug-likeness (QED) is 0.694. The first-order valence-electron chi connectivity index (χ1n) is 8.88. The Hall–Kier alpha value is -2.91. The minimum absolute atomic E-state index is 0.156. The average Bonchev–Trinajstić information content (AvgIpc) is 3.10. The molecule has 3 aromatic rings. The molecule has 0 spiro atoms. The van der Waals surface area contributed by atoms with Crippen LogP contribution >= 0.6 is 11.3 Å². The number of hydrogen-bond acceptors (Lipinski definition) is 7. The number of ether oxygens (including phenoxy) is 1. The Morgan fingerprint density at radius 3 is 2.79 bits per heavy atom. The van der Waals surface area contributed by atoms with Crippen molar-refractivity contribution in [3.8, 4) is 17.1 Å². The van der Waals surface area contributed by atoms with Gasteiger partial charge in [-0.3, -0.25) is 0 Å². The summed E-state index contributed by atoms with van der Waals surface area (Å²) in [6.07, 6.45) is -0.975. The molecule has 1 amide bonds. The van der Waals surface area contributed by atoms with Crippen molar-refractivity contribution in [1.82, 2.24) is 14.9 Å². The number of fused-ring (bicyclic) bond motifs is 1. The maximum atomic E-state index is 11.2. The van der Waals surface area contributed by atoms with Gasteiger partial charge in [-0.2, -0.15) is 0 Å². The first-order valence-corrected chi connectivity index (χ1v) is 9.69. The number of benzene rings is 1. The van der Waals surface area contributed by atoms with Crippen molar-refractivity contribution in [2.75, 3.05) is 38.3 Å². The van der Waals surface area contributed by atoms with E-state index in [9.17, 15) is 9.90 Å². The highest BCUT2D eigenvalue weighted by molar-refractivity contribution is 7.19. The van der Waals surface area contributed by atoms with Gasteiger partial charge >= 0.3 is 6.09 Å². The third-order valence-corrected chi connectivity index (χ3v) is 5.64. The number of rotatable bonds is 4. The molecule has 1 saturated heterocycles. The van der Waals surface area contributed by atoms with Gasteiger partial charge < -0.3 is 24.7 Å². The summed E-state index contributed by atoms with van der Waals surface area (Å²) in [6, 6.07) is 8.77. The van der Waals surface area contributed by atoms with Crippen LogP contribution in [0.25, 0.3) is 21.6 Å². The first-order chi connectivity index (χ1) is 13.5. The van der Waals surface area contributed by atoms with E-state index in [2.05, 4.69) is 9.88 Å². The summed E-state index contributed by atoms with van der Waals surface area (Å²) in [5.74, 6) is 1.50. The molecule has 2 aromatic heterocycles. The lowest BCUT2D eigenvalue weighted by molar-refractivity contribution is 0.122. The van der Waals surface area contributed by atoms with E-state index in [1.807, 2.05) is 12.1 Å². The fourth-order valence-electron chi connectivity index (χ4n) is 3.11. The largest absolute Gasteiger partial charge is 0.508 e. The molecule has 1 aliphatic heterocycles. The number of nitrogens with zero attached hydrogens (tertiary/aromatic N) is 4. The number of aromatic nitrogens is 2. The number of amides is 1. The standard InChI is InChI=1S/C19H20N4O4S/c1-22(19(25)26)11-14-10-15-16(28-14)18(23-5-7-27-8-6-23)21-17(20-15)12-3-2-4-13(24)9-12/h2-4,9-10,24H,5-8,11H2,1H3,(H,25,26). The number of aromatic hydroxyl groups is 1.